The van der Waals surface area contributed by atoms with Crippen LogP contribution < -0.4 is 4.57 Å². The maximum atomic E-state index is 6.26. The molecule has 0 radical (unpaired) electrons. The summed E-state index contributed by atoms with van der Waals surface area (Å²) in [7, 11) is 2.09. The highest BCUT2D eigenvalue weighted by atomic mass is 16.3. The lowest BCUT2D eigenvalue weighted by Crippen LogP contribution is -2.31. The Morgan fingerprint density at radius 1 is 0.893 bits per heavy atom. The standard InChI is InChI=1S/C25H21N2O/c1-16-7-4-8-18(15-16)19-10-6-14-27(3)23(19)22-17(2)11-12-20-21-9-5-13-26-25(21)28-24(20)22/h4-15H,1-3H3/q+1. The second-order valence-corrected chi connectivity index (χ2v) is 7.34. The van der Waals surface area contributed by atoms with E-state index < -0.39 is 0 Å². The van der Waals surface area contributed by atoms with E-state index in [1.807, 2.05) is 6.07 Å². The average molecular weight is 365 g/mol. The van der Waals surface area contributed by atoms with Gasteiger partial charge in [-0.25, -0.2) is 9.55 Å². The highest BCUT2D eigenvalue weighted by molar-refractivity contribution is 6.09. The second-order valence-electron chi connectivity index (χ2n) is 7.34. The van der Waals surface area contributed by atoms with Gasteiger partial charge in [-0.1, -0.05) is 42.0 Å². The van der Waals surface area contributed by atoms with Crippen molar-refractivity contribution in [2.75, 3.05) is 0 Å². The first kappa shape index (κ1) is 16.7. The zero-order valence-electron chi connectivity index (χ0n) is 16.2. The second kappa shape index (κ2) is 6.31. The van der Waals surface area contributed by atoms with Gasteiger partial charge in [0, 0.05) is 23.0 Å². The molecule has 28 heavy (non-hydrogen) atoms. The molecule has 136 valence electrons. The van der Waals surface area contributed by atoms with Gasteiger partial charge in [-0.2, -0.15) is 0 Å². The molecule has 0 atom stereocenters. The minimum Gasteiger partial charge on any atom is -0.437 e. The van der Waals surface area contributed by atoms with Crippen molar-refractivity contribution in [2.24, 2.45) is 7.05 Å². The van der Waals surface area contributed by atoms with Gasteiger partial charge in [0.05, 0.1) is 11.1 Å². The number of aromatic nitrogens is 2. The first-order chi connectivity index (χ1) is 13.6. The summed E-state index contributed by atoms with van der Waals surface area (Å²) in [5.74, 6) is 0. The fourth-order valence-corrected chi connectivity index (χ4v) is 4.04. The number of pyridine rings is 2. The smallest absolute Gasteiger partial charge is 0.227 e. The Kier molecular flexibility index (Phi) is 3.76. The fraction of sp³-hybridized carbons (Fsp3) is 0.120. The molecule has 0 bridgehead atoms. The molecular weight excluding hydrogens is 344 g/mol. The molecule has 0 saturated heterocycles. The van der Waals surface area contributed by atoms with E-state index in [1.165, 1.54) is 22.3 Å². The Hall–Kier alpha value is -3.46. The predicted molar refractivity (Wildman–Crippen MR) is 113 cm³/mol. The Balaban J connectivity index is 1.90. The zero-order valence-corrected chi connectivity index (χ0v) is 16.2. The molecule has 0 unspecified atom stereocenters. The summed E-state index contributed by atoms with van der Waals surface area (Å²) >= 11 is 0. The summed E-state index contributed by atoms with van der Waals surface area (Å²) in [4.78, 5) is 4.42. The topological polar surface area (TPSA) is 29.9 Å². The molecule has 3 heterocycles. The summed E-state index contributed by atoms with van der Waals surface area (Å²) in [6, 6.07) is 21.2. The molecule has 3 aromatic heterocycles. The number of hydrogen-bond donors (Lipinski definition) is 0. The lowest BCUT2D eigenvalue weighted by molar-refractivity contribution is -0.659. The van der Waals surface area contributed by atoms with Crippen LogP contribution in [0.1, 0.15) is 11.1 Å². The van der Waals surface area contributed by atoms with Crippen LogP contribution >= 0.6 is 0 Å². The molecule has 0 fully saturated rings. The lowest BCUT2D eigenvalue weighted by atomic mass is 9.94. The Bertz CT molecular complexity index is 1350. The summed E-state index contributed by atoms with van der Waals surface area (Å²) < 4.78 is 8.44. The molecule has 0 aliphatic heterocycles. The molecule has 0 spiro atoms. The fourth-order valence-electron chi connectivity index (χ4n) is 4.04. The van der Waals surface area contributed by atoms with Crippen LogP contribution in [0.15, 0.2) is 77.5 Å². The van der Waals surface area contributed by atoms with E-state index in [9.17, 15) is 0 Å². The highest BCUT2D eigenvalue weighted by Crippen LogP contribution is 2.39. The third kappa shape index (κ3) is 2.51. The van der Waals surface area contributed by atoms with Crippen LogP contribution in [-0.2, 0) is 7.05 Å². The van der Waals surface area contributed by atoms with Gasteiger partial charge in [0.25, 0.3) is 0 Å². The molecule has 5 aromatic rings. The minimum absolute atomic E-state index is 0.681. The molecule has 0 aliphatic rings. The van der Waals surface area contributed by atoms with Gasteiger partial charge in [-0.05, 0) is 43.2 Å². The molecule has 3 heteroatoms. The van der Waals surface area contributed by atoms with Crippen LogP contribution in [0.5, 0.6) is 0 Å². The van der Waals surface area contributed by atoms with E-state index in [0.29, 0.717) is 5.71 Å². The van der Waals surface area contributed by atoms with Gasteiger partial charge in [0.2, 0.25) is 11.4 Å². The van der Waals surface area contributed by atoms with Crippen molar-refractivity contribution in [3.05, 3.63) is 84.2 Å². The third-order valence-electron chi connectivity index (χ3n) is 5.37. The highest BCUT2D eigenvalue weighted by Gasteiger charge is 2.24. The van der Waals surface area contributed by atoms with E-state index >= 15 is 0 Å². The number of nitrogens with zero attached hydrogens (tertiary/aromatic N) is 2. The third-order valence-corrected chi connectivity index (χ3v) is 5.37. The maximum absolute atomic E-state index is 6.26. The first-order valence-corrected chi connectivity index (χ1v) is 9.46. The molecule has 0 N–H and O–H groups in total. The van der Waals surface area contributed by atoms with Crippen LogP contribution in [0.2, 0.25) is 0 Å². The number of furan rings is 1. The Labute approximate surface area is 163 Å². The van der Waals surface area contributed by atoms with Gasteiger partial charge >= 0.3 is 0 Å². The van der Waals surface area contributed by atoms with E-state index in [1.54, 1.807) is 6.20 Å². The number of hydrogen-bond acceptors (Lipinski definition) is 2. The van der Waals surface area contributed by atoms with E-state index in [4.69, 9.17) is 4.42 Å². The summed E-state index contributed by atoms with van der Waals surface area (Å²) in [5.41, 5.74) is 8.67. The molecular formula is C25H21N2O+. The van der Waals surface area contributed by atoms with E-state index in [0.717, 1.165) is 27.6 Å². The van der Waals surface area contributed by atoms with Crippen molar-refractivity contribution in [2.45, 2.75) is 13.8 Å². The zero-order chi connectivity index (χ0) is 19.3. The normalized spacial score (nSPS) is 11.4. The van der Waals surface area contributed by atoms with Crippen molar-refractivity contribution in [1.82, 2.24) is 4.98 Å². The molecule has 3 nitrogen and oxygen atoms in total. The SMILES string of the molecule is Cc1cccc(-c2ccc[n+](C)c2-c2c(C)ccc3c2oc2ncccc23)c1. The average Bonchev–Trinajstić information content (AvgIpc) is 3.07. The van der Waals surface area contributed by atoms with Crippen molar-refractivity contribution < 1.29 is 8.98 Å². The van der Waals surface area contributed by atoms with Gasteiger partial charge < -0.3 is 4.42 Å². The number of aryl methyl sites for hydroxylation is 3. The van der Waals surface area contributed by atoms with Gasteiger partial charge in [-0.3, -0.25) is 0 Å². The molecule has 0 amide bonds. The van der Waals surface area contributed by atoms with Crippen molar-refractivity contribution >= 4 is 22.1 Å². The minimum atomic E-state index is 0.681. The van der Waals surface area contributed by atoms with Crippen molar-refractivity contribution in [3.8, 4) is 22.4 Å². The van der Waals surface area contributed by atoms with Crippen LogP contribution in [0.4, 0.5) is 0 Å². The predicted octanol–water partition coefficient (Wildman–Crippen LogP) is 5.76. The van der Waals surface area contributed by atoms with Crippen LogP contribution in [0.3, 0.4) is 0 Å². The molecule has 0 aliphatic carbocycles. The quantitative estimate of drug-likeness (QED) is 0.373. The summed E-state index contributed by atoms with van der Waals surface area (Å²) in [6.45, 7) is 4.27. The van der Waals surface area contributed by atoms with E-state index in [-0.39, 0.29) is 0 Å². The summed E-state index contributed by atoms with van der Waals surface area (Å²) in [6.07, 6.45) is 3.87. The number of benzene rings is 2. The van der Waals surface area contributed by atoms with Crippen molar-refractivity contribution in [1.29, 1.82) is 0 Å². The largest absolute Gasteiger partial charge is 0.437 e. The number of rotatable bonds is 2. The van der Waals surface area contributed by atoms with Crippen LogP contribution in [0.25, 0.3) is 44.5 Å². The Morgan fingerprint density at radius 2 is 1.79 bits per heavy atom. The van der Waals surface area contributed by atoms with Crippen LogP contribution in [0, 0.1) is 13.8 Å². The first-order valence-electron chi connectivity index (χ1n) is 9.46. The number of fused-ring (bicyclic) bond motifs is 3. The molecule has 5 rings (SSSR count). The monoisotopic (exact) mass is 365 g/mol. The van der Waals surface area contributed by atoms with Crippen LogP contribution in [-0.4, -0.2) is 4.98 Å². The summed E-state index contributed by atoms with van der Waals surface area (Å²) in [5, 5.41) is 2.15. The maximum Gasteiger partial charge on any atom is 0.227 e. The van der Waals surface area contributed by atoms with Gasteiger partial charge in [-0.15, -0.1) is 0 Å². The molecule has 2 aromatic carbocycles. The van der Waals surface area contributed by atoms with Crippen molar-refractivity contribution in [3.63, 3.8) is 0 Å². The van der Waals surface area contributed by atoms with Gasteiger partial charge in [0.15, 0.2) is 11.8 Å². The van der Waals surface area contributed by atoms with E-state index in [2.05, 4.69) is 91.2 Å². The van der Waals surface area contributed by atoms with Gasteiger partial charge in [0.1, 0.15) is 7.05 Å². The Morgan fingerprint density at radius 3 is 2.64 bits per heavy atom. The lowest BCUT2D eigenvalue weighted by Gasteiger charge is -2.11. The molecule has 0 saturated carbocycles.